The minimum Gasteiger partial charge on any atom is -0.411 e. The fraction of sp³-hybridized carbons (Fsp3) is 0.125. The summed E-state index contributed by atoms with van der Waals surface area (Å²) in [6, 6.07) is 4.37. The Morgan fingerprint density at radius 3 is 2.85 bits per heavy atom. The van der Waals surface area contributed by atoms with Gasteiger partial charge in [-0.1, -0.05) is 11.2 Å². The van der Waals surface area contributed by atoms with Gasteiger partial charge in [0.15, 0.2) is 0 Å². The quantitative estimate of drug-likeness (QED) is 0.326. The van der Waals surface area contributed by atoms with Crippen molar-refractivity contribution >= 4 is 11.9 Å². The van der Waals surface area contributed by atoms with Crippen LogP contribution in [0.3, 0.4) is 0 Å². The third-order valence-electron chi connectivity index (χ3n) is 1.67. The van der Waals surface area contributed by atoms with Gasteiger partial charge in [0, 0.05) is 17.7 Å². The normalized spacial score (nSPS) is 10.5. The molecule has 0 saturated carbocycles. The molecule has 13 heavy (non-hydrogen) atoms. The van der Waals surface area contributed by atoms with Crippen LogP contribution in [0, 0.1) is 17.0 Å². The molecule has 5 nitrogen and oxygen atoms in total. The maximum absolute atomic E-state index is 10.4. The fourth-order valence-corrected chi connectivity index (χ4v) is 0.943. The van der Waals surface area contributed by atoms with Gasteiger partial charge in [0.25, 0.3) is 5.69 Å². The highest BCUT2D eigenvalue weighted by Crippen LogP contribution is 2.15. The van der Waals surface area contributed by atoms with Gasteiger partial charge in [0.2, 0.25) is 0 Å². The molecule has 0 spiro atoms. The third kappa shape index (κ3) is 2.02. The van der Waals surface area contributed by atoms with Gasteiger partial charge in [-0.15, -0.1) is 0 Å². The first-order valence-electron chi connectivity index (χ1n) is 3.57. The average Bonchev–Trinajstić information content (AvgIpc) is 2.08. The van der Waals surface area contributed by atoms with Gasteiger partial charge in [-0.2, -0.15) is 0 Å². The Hall–Kier alpha value is -1.91. The molecule has 0 aliphatic rings. The summed E-state index contributed by atoms with van der Waals surface area (Å²) in [7, 11) is 0. The number of non-ortho nitro benzene ring substituents is 1. The lowest BCUT2D eigenvalue weighted by Crippen LogP contribution is -1.92. The van der Waals surface area contributed by atoms with E-state index in [1.807, 2.05) is 0 Å². The molecule has 1 rings (SSSR count). The Balaban J connectivity index is 3.18. The molecule has 0 unspecified atom stereocenters. The monoisotopic (exact) mass is 180 g/mol. The van der Waals surface area contributed by atoms with Crippen LogP contribution in [0.15, 0.2) is 23.4 Å². The summed E-state index contributed by atoms with van der Waals surface area (Å²) in [5.74, 6) is 0. The summed E-state index contributed by atoms with van der Waals surface area (Å²) >= 11 is 0. The molecule has 0 radical (unpaired) electrons. The lowest BCUT2D eigenvalue weighted by Gasteiger charge is -1.97. The van der Waals surface area contributed by atoms with Crippen molar-refractivity contribution in [2.45, 2.75) is 6.92 Å². The molecule has 0 fully saturated rings. The zero-order chi connectivity index (χ0) is 9.84. The first kappa shape index (κ1) is 9.18. The summed E-state index contributed by atoms with van der Waals surface area (Å²) in [6.45, 7) is 1.78. The maximum atomic E-state index is 10.4. The standard InChI is InChI=1S/C8H8N2O3/c1-6-2-3-8(10(12)13)4-7(6)5-9-11/h2-5,11H,1H3/b9-5+. The second kappa shape index (κ2) is 3.66. The van der Waals surface area contributed by atoms with E-state index in [0.29, 0.717) is 5.56 Å². The van der Waals surface area contributed by atoms with E-state index in [1.54, 1.807) is 13.0 Å². The van der Waals surface area contributed by atoms with Crippen LogP contribution in [0.4, 0.5) is 5.69 Å². The van der Waals surface area contributed by atoms with Gasteiger partial charge in [0.1, 0.15) is 0 Å². The van der Waals surface area contributed by atoms with E-state index >= 15 is 0 Å². The predicted molar refractivity (Wildman–Crippen MR) is 47.2 cm³/mol. The van der Waals surface area contributed by atoms with E-state index in [9.17, 15) is 10.1 Å². The summed E-state index contributed by atoms with van der Waals surface area (Å²) in [5.41, 5.74) is 1.35. The van der Waals surface area contributed by atoms with Crippen molar-refractivity contribution in [3.8, 4) is 0 Å². The minimum absolute atomic E-state index is 0.0134. The minimum atomic E-state index is -0.492. The van der Waals surface area contributed by atoms with Gasteiger partial charge >= 0.3 is 0 Å². The number of benzene rings is 1. The highest BCUT2D eigenvalue weighted by Gasteiger charge is 2.06. The second-order valence-electron chi connectivity index (χ2n) is 2.54. The molecule has 0 atom stereocenters. The van der Waals surface area contributed by atoms with E-state index in [0.717, 1.165) is 5.56 Å². The lowest BCUT2D eigenvalue weighted by atomic mass is 10.1. The molecule has 68 valence electrons. The van der Waals surface area contributed by atoms with Crippen LogP contribution in [0.25, 0.3) is 0 Å². The number of nitrogens with zero attached hydrogens (tertiary/aromatic N) is 2. The van der Waals surface area contributed by atoms with Crippen LogP contribution in [0.2, 0.25) is 0 Å². The van der Waals surface area contributed by atoms with Gasteiger partial charge in [-0.25, -0.2) is 0 Å². The molecule has 1 aromatic carbocycles. The van der Waals surface area contributed by atoms with Gasteiger partial charge < -0.3 is 5.21 Å². The zero-order valence-electron chi connectivity index (χ0n) is 6.97. The zero-order valence-corrected chi connectivity index (χ0v) is 6.97. The molecule has 0 saturated heterocycles. The van der Waals surface area contributed by atoms with Crippen LogP contribution in [0.5, 0.6) is 0 Å². The van der Waals surface area contributed by atoms with Crippen molar-refractivity contribution in [1.82, 2.24) is 0 Å². The van der Waals surface area contributed by atoms with Crippen molar-refractivity contribution in [3.63, 3.8) is 0 Å². The van der Waals surface area contributed by atoms with Crippen molar-refractivity contribution in [1.29, 1.82) is 0 Å². The lowest BCUT2D eigenvalue weighted by molar-refractivity contribution is -0.384. The average molecular weight is 180 g/mol. The van der Waals surface area contributed by atoms with Crippen LogP contribution >= 0.6 is 0 Å². The van der Waals surface area contributed by atoms with Crippen LogP contribution in [-0.2, 0) is 0 Å². The largest absolute Gasteiger partial charge is 0.411 e. The van der Waals surface area contributed by atoms with Crippen molar-refractivity contribution < 1.29 is 10.1 Å². The molecular weight excluding hydrogens is 172 g/mol. The van der Waals surface area contributed by atoms with Gasteiger partial charge in [-0.05, 0) is 12.5 Å². The molecule has 5 heteroatoms. The fourth-order valence-electron chi connectivity index (χ4n) is 0.943. The molecule has 0 amide bonds. The molecule has 0 aromatic heterocycles. The van der Waals surface area contributed by atoms with E-state index in [-0.39, 0.29) is 5.69 Å². The van der Waals surface area contributed by atoms with Crippen molar-refractivity contribution in [3.05, 3.63) is 39.4 Å². The Kier molecular flexibility index (Phi) is 2.59. The Bertz CT molecular complexity index is 360. The van der Waals surface area contributed by atoms with Gasteiger partial charge in [-0.3, -0.25) is 10.1 Å². The maximum Gasteiger partial charge on any atom is 0.270 e. The number of hydrogen-bond acceptors (Lipinski definition) is 4. The molecular formula is C8H8N2O3. The Morgan fingerprint density at radius 2 is 2.31 bits per heavy atom. The summed E-state index contributed by atoms with van der Waals surface area (Å²) in [6.07, 6.45) is 1.17. The van der Waals surface area contributed by atoms with E-state index in [1.165, 1.54) is 18.3 Å². The summed E-state index contributed by atoms with van der Waals surface area (Å²) < 4.78 is 0. The Morgan fingerprint density at radius 1 is 1.62 bits per heavy atom. The van der Waals surface area contributed by atoms with Crippen molar-refractivity contribution in [2.24, 2.45) is 5.16 Å². The molecule has 0 heterocycles. The molecule has 0 bridgehead atoms. The van der Waals surface area contributed by atoms with Gasteiger partial charge in [0.05, 0.1) is 11.1 Å². The van der Waals surface area contributed by atoms with Crippen LogP contribution in [-0.4, -0.2) is 16.3 Å². The molecule has 0 aliphatic heterocycles. The Labute approximate surface area is 74.5 Å². The van der Waals surface area contributed by atoms with E-state index < -0.39 is 4.92 Å². The number of oxime groups is 1. The predicted octanol–water partition coefficient (Wildman–Crippen LogP) is 1.71. The van der Waals surface area contributed by atoms with E-state index in [4.69, 9.17) is 5.21 Å². The van der Waals surface area contributed by atoms with Crippen molar-refractivity contribution in [2.75, 3.05) is 0 Å². The number of aryl methyl sites for hydroxylation is 1. The second-order valence-corrected chi connectivity index (χ2v) is 2.54. The number of nitro groups is 1. The first-order valence-corrected chi connectivity index (χ1v) is 3.57. The topological polar surface area (TPSA) is 75.7 Å². The third-order valence-corrected chi connectivity index (χ3v) is 1.67. The molecule has 0 aliphatic carbocycles. The number of nitro benzene ring substituents is 1. The van der Waals surface area contributed by atoms with Crippen LogP contribution in [0.1, 0.15) is 11.1 Å². The van der Waals surface area contributed by atoms with E-state index in [2.05, 4.69) is 5.16 Å². The smallest absolute Gasteiger partial charge is 0.270 e. The highest BCUT2D eigenvalue weighted by atomic mass is 16.6. The SMILES string of the molecule is Cc1ccc([N+](=O)[O-])cc1/C=N/O. The first-order chi connectivity index (χ1) is 6.15. The highest BCUT2D eigenvalue weighted by molar-refractivity contribution is 5.82. The summed E-state index contributed by atoms with van der Waals surface area (Å²) in [4.78, 5) is 9.88. The number of rotatable bonds is 2. The summed E-state index contributed by atoms with van der Waals surface area (Å²) in [5, 5.41) is 21.5. The molecule has 1 N–H and O–H groups in total. The number of hydrogen-bond donors (Lipinski definition) is 1. The molecule has 1 aromatic rings. The van der Waals surface area contributed by atoms with Crippen LogP contribution < -0.4 is 0 Å².